The van der Waals surface area contributed by atoms with Crippen molar-refractivity contribution >= 4 is 11.9 Å². The topological polar surface area (TPSA) is 72.8 Å². The van der Waals surface area contributed by atoms with Gasteiger partial charge in [0.15, 0.2) is 0 Å². The molecule has 5 nitrogen and oxygen atoms in total. The van der Waals surface area contributed by atoms with E-state index in [-0.39, 0.29) is 11.3 Å². The van der Waals surface area contributed by atoms with Crippen molar-refractivity contribution in [2.45, 2.75) is 6.92 Å². The first kappa shape index (κ1) is 14.6. The molecule has 2 aromatic rings. The largest absolute Gasteiger partial charge is 0.493 e. The summed E-state index contributed by atoms with van der Waals surface area (Å²) >= 11 is 0. The monoisotopic (exact) mass is 286 g/mol. The lowest BCUT2D eigenvalue weighted by Crippen LogP contribution is -2.11. The number of carbonyl (C=O) groups excluding carboxylic acids is 1. The minimum Gasteiger partial charge on any atom is -0.493 e. The number of hydrogen-bond acceptors (Lipinski definition) is 4. The van der Waals surface area contributed by atoms with E-state index in [2.05, 4.69) is 0 Å². The van der Waals surface area contributed by atoms with Crippen LogP contribution in [-0.4, -0.2) is 23.7 Å². The van der Waals surface area contributed by atoms with E-state index >= 15 is 0 Å². The number of carboxylic acid groups (broad SMARTS) is 1. The molecule has 0 atom stereocenters. The van der Waals surface area contributed by atoms with Crippen LogP contribution < -0.4 is 9.47 Å². The highest BCUT2D eigenvalue weighted by Gasteiger charge is 2.14. The van der Waals surface area contributed by atoms with Crippen molar-refractivity contribution in [1.29, 1.82) is 0 Å². The lowest BCUT2D eigenvalue weighted by Gasteiger charge is -2.09. The predicted molar refractivity (Wildman–Crippen MR) is 76.0 cm³/mol. The van der Waals surface area contributed by atoms with Gasteiger partial charge in [0.1, 0.15) is 17.1 Å². The Kier molecular flexibility index (Phi) is 4.56. The van der Waals surface area contributed by atoms with Crippen LogP contribution in [0, 0.1) is 0 Å². The molecule has 0 aliphatic heterocycles. The van der Waals surface area contributed by atoms with Crippen molar-refractivity contribution in [3.05, 3.63) is 59.7 Å². The molecule has 0 fully saturated rings. The highest BCUT2D eigenvalue weighted by atomic mass is 16.5. The maximum Gasteiger partial charge on any atom is 0.347 e. The fourth-order valence-electron chi connectivity index (χ4n) is 1.74. The number of carboxylic acids is 1. The second kappa shape index (κ2) is 6.56. The van der Waals surface area contributed by atoms with Crippen molar-refractivity contribution in [2.75, 3.05) is 6.61 Å². The first-order chi connectivity index (χ1) is 10.1. The molecule has 0 heterocycles. The van der Waals surface area contributed by atoms with E-state index < -0.39 is 11.9 Å². The second-order valence-corrected chi connectivity index (χ2v) is 4.15. The molecule has 21 heavy (non-hydrogen) atoms. The third-order valence-corrected chi connectivity index (χ3v) is 2.72. The van der Waals surface area contributed by atoms with Crippen LogP contribution in [-0.2, 0) is 0 Å². The molecule has 108 valence electrons. The number of benzene rings is 2. The van der Waals surface area contributed by atoms with Crippen molar-refractivity contribution < 1.29 is 24.2 Å². The third-order valence-electron chi connectivity index (χ3n) is 2.72. The van der Waals surface area contributed by atoms with Gasteiger partial charge < -0.3 is 14.6 Å². The summed E-state index contributed by atoms with van der Waals surface area (Å²) in [7, 11) is 0. The number of para-hydroxylation sites is 1. The van der Waals surface area contributed by atoms with Gasteiger partial charge in [-0.15, -0.1) is 0 Å². The highest BCUT2D eigenvalue weighted by Crippen LogP contribution is 2.21. The van der Waals surface area contributed by atoms with Crippen LogP contribution in [0.4, 0.5) is 0 Å². The maximum atomic E-state index is 12.1. The number of ether oxygens (including phenoxy) is 2. The van der Waals surface area contributed by atoms with E-state index in [1.165, 1.54) is 24.3 Å². The lowest BCUT2D eigenvalue weighted by atomic mass is 10.2. The average molecular weight is 286 g/mol. The van der Waals surface area contributed by atoms with Gasteiger partial charge in [-0.05, 0) is 43.3 Å². The first-order valence-corrected chi connectivity index (χ1v) is 6.39. The molecule has 0 bridgehead atoms. The Morgan fingerprint density at radius 2 is 1.71 bits per heavy atom. The molecule has 0 aliphatic carbocycles. The molecule has 0 unspecified atom stereocenters. The predicted octanol–water partition coefficient (Wildman–Crippen LogP) is 3.00. The van der Waals surface area contributed by atoms with Gasteiger partial charge >= 0.3 is 11.9 Å². The molecule has 2 aromatic carbocycles. The summed E-state index contributed by atoms with van der Waals surface area (Å²) < 4.78 is 10.6. The number of rotatable bonds is 5. The molecule has 0 aliphatic rings. The van der Waals surface area contributed by atoms with E-state index in [4.69, 9.17) is 14.6 Å². The molecular formula is C16H14O5. The average Bonchev–Trinajstić information content (AvgIpc) is 2.48. The first-order valence-electron chi connectivity index (χ1n) is 6.39. The van der Waals surface area contributed by atoms with E-state index in [9.17, 15) is 9.59 Å². The van der Waals surface area contributed by atoms with Crippen LogP contribution in [0.1, 0.15) is 27.6 Å². The summed E-state index contributed by atoms with van der Waals surface area (Å²) in [5, 5.41) is 8.81. The van der Waals surface area contributed by atoms with Gasteiger partial charge in [-0.25, -0.2) is 9.59 Å². The summed E-state index contributed by atoms with van der Waals surface area (Å²) in [6.45, 7) is 2.27. The Bertz CT molecular complexity index is 646. The molecule has 2 rings (SSSR count). The minimum absolute atomic E-state index is 0.129. The van der Waals surface area contributed by atoms with Crippen molar-refractivity contribution in [2.24, 2.45) is 0 Å². The number of aromatic carboxylic acids is 1. The SMILES string of the molecule is CCOc1ccccc1C(=O)Oc1ccc(C(=O)O)cc1. The molecule has 0 saturated heterocycles. The number of carbonyl (C=O) groups is 2. The molecule has 0 aromatic heterocycles. The van der Waals surface area contributed by atoms with Gasteiger partial charge in [0.2, 0.25) is 0 Å². The summed E-state index contributed by atoms with van der Waals surface area (Å²) in [4.78, 5) is 22.9. The third kappa shape index (κ3) is 3.60. The number of hydrogen-bond donors (Lipinski definition) is 1. The zero-order valence-corrected chi connectivity index (χ0v) is 11.4. The highest BCUT2D eigenvalue weighted by molar-refractivity contribution is 5.94. The smallest absolute Gasteiger partial charge is 0.347 e. The molecule has 0 radical (unpaired) electrons. The Morgan fingerprint density at radius 3 is 2.33 bits per heavy atom. The summed E-state index contributed by atoms with van der Waals surface area (Å²) in [5.41, 5.74) is 0.450. The Hall–Kier alpha value is -2.82. The molecule has 0 saturated carbocycles. The van der Waals surface area contributed by atoms with Crippen LogP contribution in [0.25, 0.3) is 0 Å². The number of esters is 1. The summed E-state index contributed by atoms with van der Waals surface area (Å²) in [6, 6.07) is 12.4. The van der Waals surface area contributed by atoms with E-state index in [1.54, 1.807) is 24.3 Å². The van der Waals surface area contributed by atoms with E-state index in [1.807, 2.05) is 6.92 Å². The van der Waals surface area contributed by atoms with Gasteiger partial charge in [-0.1, -0.05) is 12.1 Å². The van der Waals surface area contributed by atoms with E-state index in [0.29, 0.717) is 17.9 Å². The van der Waals surface area contributed by atoms with E-state index in [0.717, 1.165) is 0 Å². The van der Waals surface area contributed by atoms with Crippen LogP contribution in [0.3, 0.4) is 0 Å². The summed E-state index contributed by atoms with van der Waals surface area (Å²) in [6.07, 6.45) is 0. The Morgan fingerprint density at radius 1 is 1.05 bits per heavy atom. The zero-order valence-electron chi connectivity index (χ0n) is 11.4. The normalized spacial score (nSPS) is 9.95. The Labute approximate surface area is 121 Å². The minimum atomic E-state index is -1.03. The van der Waals surface area contributed by atoms with Gasteiger partial charge in [-0.2, -0.15) is 0 Å². The van der Waals surface area contributed by atoms with Gasteiger partial charge in [0, 0.05) is 0 Å². The van der Waals surface area contributed by atoms with Crippen molar-refractivity contribution in [1.82, 2.24) is 0 Å². The molecule has 1 N–H and O–H groups in total. The fourth-order valence-corrected chi connectivity index (χ4v) is 1.74. The van der Waals surface area contributed by atoms with Crippen LogP contribution in [0.5, 0.6) is 11.5 Å². The molecular weight excluding hydrogens is 272 g/mol. The van der Waals surface area contributed by atoms with Gasteiger partial charge in [-0.3, -0.25) is 0 Å². The molecule has 0 amide bonds. The fraction of sp³-hybridized carbons (Fsp3) is 0.125. The van der Waals surface area contributed by atoms with Crippen molar-refractivity contribution in [3.8, 4) is 11.5 Å². The second-order valence-electron chi connectivity index (χ2n) is 4.15. The standard InChI is InChI=1S/C16H14O5/c1-2-20-14-6-4-3-5-13(14)16(19)21-12-9-7-11(8-10-12)15(17)18/h3-10H,2H2,1H3,(H,17,18). The maximum absolute atomic E-state index is 12.1. The van der Waals surface area contributed by atoms with Crippen LogP contribution >= 0.6 is 0 Å². The van der Waals surface area contributed by atoms with Gasteiger partial charge in [0.25, 0.3) is 0 Å². The van der Waals surface area contributed by atoms with Crippen molar-refractivity contribution in [3.63, 3.8) is 0 Å². The van der Waals surface area contributed by atoms with Crippen LogP contribution in [0.15, 0.2) is 48.5 Å². The zero-order chi connectivity index (χ0) is 15.2. The quantitative estimate of drug-likeness (QED) is 0.675. The molecule has 5 heteroatoms. The van der Waals surface area contributed by atoms with Gasteiger partial charge in [0.05, 0.1) is 12.2 Å². The lowest BCUT2D eigenvalue weighted by molar-refractivity contribution is 0.0696. The molecule has 0 spiro atoms. The Balaban J connectivity index is 2.16. The summed E-state index contributed by atoms with van der Waals surface area (Å²) in [5.74, 6) is -0.861. The van der Waals surface area contributed by atoms with Crippen LogP contribution in [0.2, 0.25) is 0 Å².